The fraction of sp³-hybridized carbons (Fsp3) is 0.500. The van der Waals surface area contributed by atoms with Crippen LogP contribution in [0.15, 0.2) is 48.5 Å². The van der Waals surface area contributed by atoms with Gasteiger partial charge in [0.1, 0.15) is 17.2 Å². The third-order valence-electron chi connectivity index (χ3n) is 6.03. The maximum absolute atomic E-state index is 14.7. The molecule has 0 saturated carbocycles. The highest BCUT2D eigenvalue weighted by Gasteiger charge is 2.50. The molecule has 1 saturated heterocycles. The lowest BCUT2D eigenvalue weighted by Crippen LogP contribution is -2.65. The molecule has 7 nitrogen and oxygen atoms in total. The first-order chi connectivity index (χ1) is 17.1. The Bertz CT molecular complexity index is 1030. The molecule has 2 aromatic carbocycles. The van der Waals surface area contributed by atoms with E-state index in [4.69, 9.17) is 14.2 Å². The predicted molar refractivity (Wildman–Crippen MR) is 135 cm³/mol. The van der Waals surface area contributed by atoms with Gasteiger partial charge >= 0.3 is 6.09 Å². The van der Waals surface area contributed by atoms with Crippen LogP contribution in [0, 0.1) is 5.82 Å². The number of hydrogen-bond acceptors (Lipinski definition) is 5. The minimum atomic E-state index is -1.05. The van der Waals surface area contributed by atoms with Crippen molar-refractivity contribution in [3.63, 3.8) is 0 Å². The predicted octanol–water partition coefficient (Wildman–Crippen LogP) is 4.82. The van der Waals surface area contributed by atoms with Crippen molar-refractivity contribution in [2.75, 3.05) is 26.8 Å². The smallest absolute Gasteiger partial charge is 0.408 e. The van der Waals surface area contributed by atoms with Gasteiger partial charge < -0.3 is 24.4 Å². The molecule has 196 valence electrons. The van der Waals surface area contributed by atoms with Crippen LogP contribution < -0.4 is 10.1 Å². The summed E-state index contributed by atoms with van der Waals surface area (Å²) in [5, 5.41) is 2.74. The van der Waals surface area contributed by atoms with Crippen molar-refractivity contribution in [1.29, 1.82) is 0 Å². The largest absolute Gasteiger partial charge is 0.497 e. The van der Waals surface area contributed by atoms with Crippen LogP contribution in [-0.4, -0.2) is 55.3 Å². The number of rotatable bonds is 10. The number of alkyl carbamates (subject to hydrolysis) is 1. The second kappa shape index (κ2) is 11.7. The molecule has 1 N–H and O–H groups in total. The lowest BCUT2D eigenvalue weighted by molar-refractivity contribution is -0.180. The average Bonchev–Trinajstić information content (AvgIpc) is 2.80. The standard InChI is InChI=1S/C28H37FN2O5/c1-6-7-16-35-28(22-10-8-9-11-23(22)29)18-31(19-28)25(32)24(36-26(33)30-27(2,3)4)17-20-12-14-21(34-5)15-13-20/h8-15,24H,6-7,16-19H2,1-5H3,(H,30,33)/t24-/m1/s1. The Morgan fingerprint density at radius 1 is 1.11 bits per heavy atom. The number of carbonyl (C=O) groups is 2. The topological polar surface area (TPSA) is 77.1 Å². The van der Waals surface area contributed by atoms with Gasteiger partial charge in [0, 0.05) is 24.1 Å². The van der Waals surface area contributed by atoms with E-state index in [0.29, 0.717) is 17.9 Å². The summed E-state index contributed by atoms with van der Waals surface area (Å²) in [5.74, 6) is -0.0210. The molecule has 2 aromatic rings. The number of ether oxygens (including phenoxy) is 3. The molecule has 0 bridgehead atoms. The zero-order valence-electron chi connectivity index (χ0n) is 21.8. The summed E-state index contributed by atoms with van der Waals surface area (Å²) in [7, 11) is 1.58. The van der Waals surface area contributed by atoms with Gasteiger partial charge in [0.15, 0.2) is 6.10 Å². The van der Waals surface area contributed by atoms with Crippen LogP contribution in [0.4, 0.5) is 9.18 Å². The molecule has 1 aliphatic heterocycles. The number of carbonyl (C=O) groups excluding carboxylic acids is 2. The van der Waals surface area contributed by atoms with Crippen LogP contribution in [0.1, 0.15) is 51.7 Å². The van der Waals surface area contributed by atoms with E-state index in [1.54, 1.807) is 42.3 Å². The average molecular weight is 501 g/mol. The van der Waals surface area contributed by atoms with Crippen molar-refractivity contribution >= 4 is 12.0 Å². The van der Waals surface area contributed by atoms with Gasteiger partial charge in [0.2, 0.25) is 0 Å². The minimum Gasteiger partial charge on any atom is -0.497 e. The first kappa shape index (κ1) is 27.5. The Morgan fingerprint density at radius 3 is 2.36 bits per heavy atom. The molecule has 1 heterocycles. The molecule has 0 spiro atoms. The van der Waals surface area contributed by atoms with Crippen molar-refractivity contribution in [3.8, 4) is 5.75 Å². The molecular formula is C28H37FN2O5. The molecule has 3 rings (SSSR count). The second-order valence-electron chi connectivity index (χ2n) is 10.2. The van der Waals surface area contributed by atoms with Crippen molar-refractivity contribution < 1.29 is 28.2 Å². The van der Waals surface area contributed by atoms with E-state index in [1.165, 1.54) is 6.07 Å². The summed E-state index contributed by atoms with van der Waals surface area (Å²) >= 11 is 0. The number of likely N-dealkylation sites (tertiary alicyclic amines) is 1. The third kappa shape index (κ3) is 6.97. The van der Waals surface area contributed by atoms with Crippen molar-refractivity contribution in [1.82, 2.24) is 10.2 Å². The molecule has 1 aliphatic rings. The maximum atomic E-state index is 14.7. The van der Waals surface area contributed by atoms with E-state index < -0.39 is 23.3 Å². The van der Waals surface area contributed by atoms with Crippen LogP contribution in [0.5, 0.6) is 5.75 Å². The zero-order valence-corrected chi connectivity index (χ0v) is 21.8. The molecule has 1 atom stereocenters. The zero-order chi connectivity index (χ0) is 26.3. The lowest BCUT2D eigenvalue weighted by atomic mass is 9.84. The molecule has 36 heavy (non-hydrogen) atoms. The number of nitrogens with zero attached hydrogens (tertiary/aromatic N) is 1. The SMILES string of the molecule is CCCCOC1(c2ccccc2F)CN(C(=O)[C@@H](Cc2ccc(OC)cc2)OC(=O)NC(C)(C)C)C1. The molecule has 8 heteroatoms. The van der Waals surface area contributed by atoms with Crippen LogP contribution in [0.2, 0.25) is 0 Å². The Balaban J connectivity index is 1.79. The van der Waals surface area contributed by atoms with Gasteiger partial charge in [-0.25, -0.2) is 9.18 Å². The molecule has 0 aromatic heterocycles. The van der Waals surface area contributed by atoms with Gasteiger partial charge in [0.05, 0.1) is 20.2 Å². The normalized spacial score (nSPS) is 15.6. The van der Waals surface area contributed by atoms with Crippen LogP contribution in [0.25, 0.3) is 0 Å². The highest BCUT2D eigenvalue weighted by Crippen LogP contribution is 2.38. The summed E-state index contributed by atoms with van der Waals surface area (Å²) in [6.45, 7) is 8.38. The fourth-order valence-electron chi connectivity index (χ4n) is 4.13. The summed E-state index contributed by atoms with van der Waals surface area (Å²) in [6.07, 6.45) is 0.251. The molecule has 0 radical (unpaired) electrons. The first-order valence-corrected chi connectivity index (χ1v) is 12.4. The molecular weight excluding hydrogens is 463 g/mol. The Kier molecular flexibility index (Phi) is 8.95. The highest BCUT2D eigenvalue weighted by molar-refractivity contribution is 5.85. The van der Waals surface area contributed by atoms with Gasteiger partial charge in [0.25, 0.3) is 5.91 Å². The van der Waals surface area contributed by atoms with E-state index >= 15 is 0 Å². The monoisotopic (exact) mass is 500 g/mol. The van der Waals surface area contributed by atoms with Crippen LogP contribution in [-0.2, 0) is 26.3 Å². The highest BCUT2D eigenvalue weighted by atomic mass is 19.1. The van der Waals surface area contributed by atoms with E-state index in [-0.39, 0.29) is 31.2 Å². The number of nitrogens with one attached hydrogen (secondary N) is 1. The van der Waals surface area contributed by atoms with E-state index in [0.717, 1.165) is 18.4 Å². The number of halogens is 1. The van der Waals surface area contributed by atoms with Crippen molar-refractivity contribution in [3.05, 3.63) is 65.5 Å². The third-order valence-corrected chi connectivity index (χ3v) is 6.03. The number of benzene rings is 2. The van der Waals surface area contributed by atoms with Gasteiger partial charge in [-0.1, -0.05) is 43.7 Å². The summed E-state index contributed by atoms with van der Waals surface area (Å²) in [6, 6.07) is 13.7. The van der Waals surface area contributed by atoms with Gasteiger partial charge in [-0.15, -0.1) is 0 Å². The lowest BCUT2D eigenvalue weighted by Gasteiger charge is -2.50. The summed E-state index contributed by atoms with van der Waals surface area (Å²) in [4.78, 5) is 27.7. The molecule has 0 unspecified atom stereocenters. The summed E-state index contributed by atoms with van der Waals surface area (Å²) in [5.41, 5.74) is -0.190. The molecule has 2 amide bonds. The van der Waals surface area contributed by atoms with E-state index in [1.807, 2.05) is 32.9 Å². The Morgan fingerprint density at radius 2 is 1.78 bits per heavy atom. The van der Waals surface area contributed by atoms with E-state index in [9.17, 15) is 14.0 Å². The van der Waals surface area contributed by atoms with Crippen LogP contribution >= 0.6 is 0 Å². The number of amides is 2. The molecule has 1 fully saturated rings. The van der Waals surface area contributed by atoms with Gasteiger partial charge in [-0.05, 0) is 51.0 Å². The quantitative estimate of drug-likeness (QED) is 0.473. The fourth-order valence-corrected chi connectivity index (χ4v) is 4.13. The van der Waals surface area contributed by atoms with E-state index in [2.05, 4.69) is 12.2 Å². The Labute approximate surface area is 212 Å². The van der Waals surface area contributed by atoms with Crippen LogP contribution in [0.3, 0.4) is 0 Å². The minimum absolute atomic E-state index is 0.180. The van der Waals surface area contributed by atoms with Crippen molar-refractivity contribution in [2.45, 2.75) is 64.2 Å². The first-order valence-electron chi connectivity index (χ1n) is 12.4. The Hall–Kier alpha value is -3.13. The summed E-state index contributed by atoms with van der Waals surface area (Å²) < 4.78 is 31.7. The van der Waals surface area contributed by atoms with Crippen molar-refractivity contribution in [2.24, 2.45) is 0 Å². The van der Waals surface area contributed by atoms with Gasteiger partial charge in [-0.2, -0.15) is 0 Å². The molecule has 0 aliphatic carbocycles. The number of unbranched alkanes of at least 4 members (excludes halogenated alkanes) is 1. The number of methoxy groups -OCH3 is 1. The second-order valence-corrected chi connectivity index (χ2v) is 10.2. The van der Waals surface area contributed by atoms with Gasteiger partial charge in [-0.3, -0.25) is 4.79 Å². The number of hydrogen-bond donors (Lipinski definition) is 1. The maximum Gasteiger partial charge on any atom is 0.408 e.